The van der Waals surface area contributed by atoms with Gasteiger partial charge in [-0.3, -0.25) is 5.41 Å². The first-order valence-corrected chi connectivity index (χ1v) is 8.94. The molecule has 0 saturated heterocycles. The number of benzene rings is 1. The summed E-state index contributed by atoms with van der Waals surface area (Å²) in [6.45, 7) is 5.01. The van der Waals surface area contributed by atoms with Gasteiger partial charge in [0, 0.05) is 17.5 Å². The maximum atomic E-state index is 12.7. The van der Waals surface area contributed by atoms with Crippen LogP contribution in [0.15, 0.2) is 35.4 Å². The van der Waals surface area contributed by atoms with Crippen molar-refractivity contribution in [1.82, 2.24) is 9.88 Å². The number of hydrogen-bond acceptors (Lipinski definition) is 4. The van der Waals surface area contributed by atoms with Crippen molar-refractivity contribution >= 4 is 22.7 Å². The summed E-state index contributed by atoms with van der Waals surface area (Å²) in [6.07, 6.45) is -4.37. The predicted molar refractivity (Wildman–Crippen MR) is 96.2 cm³/mol. The number of aromatic nitrogens is 1. The lowest BCUT2D eigenvalue weighted by atomic mass is 10.1. The average molecular weight is 381 g/mol. The quantitative estimate of drug-likeness (QED) is 0.779. The summed E-state index contributed by atoms with van der Waals surface area (Å²) >= 11 is 1.26. The van der Waals surface area contributed by atoms with Gasteiger partial charge >= 0.3 is 6.18 Å². The first-order valence-electron chi connectivity index (χ1n) is 8.06. The summed E-state index contributed by atoms with van der Waals surface area (Å²) in [5.74, 6) is 0.676. The normalized spacial score (nSPS) is 15.5. The average Bonchev–Trinajstić information content (AvgIpc) is 3.12. The van der Waals surface area contributed by atoms with Crippen LogP contribution in [0.4, 0.5) is 13.2 Å². The molecule has 0 radical (unpaired) electrons. The SMILES string of the molecule is CC(C)CN1CC(O)=C(c2nc(-c3ccc(C(F)(F)F)cc3)cs2)C1=N. The van der Waals surface area contributed by atoms with Crippen LogP contribution in [0.25, 0.3) is 16.8 Å². The van der Waals surface area contributed by atoms with E-state index in [1.54, 1.807) is 10.3 Å². The fourth-order valence-corrected chi connectivity index (χ4v) is 3.70. The van der Waals surface area contributed by atoms with Crippen LogP contribution in [0.3, 0.4) is 0 Å². The second kappa shape index (κ2) is 6.75. The van der Waals surface area contributed by atoms with Crippen LogP contribution in [0, 0.1) is 11.3 Å². The highest BCUT2D eigenvalue weighted by Crippen LogP contribution is 2.34. The number of nitrogens with one attached hydrogen (secondary N) is 1. The molecule has 1 aromatic carbocycles. The van der Waals surface area contributed by atoms with E-state index >= 15 is 0 Å². The summed E-state index contributed by atoms with van der Waals surface area (Å²) < 4.78 is 38.0. The first-order chi connectivity index (χ1) is 12.2. The molecule has 0 unspecified atom stereocenters. The van der Waals surface area contributed by atoms with Gasteiger partial charge < -0.3 is 10.0 Å². The van der Waals surface area contributed by atoms with Crippen molar-refractivity contribution in [3.8, 4) is 11.3 Å². The maximum absolute atomic E-state index is 12.7. The molecule has 3 rings (SSSR count). The Morgan fingerprint density at radius 1 is 1.27 bits per heavy atom. The minimum absolute atomic E-state index is 0.101. The molecule has 0 saturated carbocycles. The zero-order chi connectivity index (χ0) is 19.1. The lowest BCUT2D eigenvalue weighted by Gasteiger charge is -2.20. The van der Waals surface area contributed by atoms with Gasteiger partial charge in [0.2, 0.25) is 0 Å². The number of rotatable bonds is 4. The van der Waals surface area contributed by atoms with Gasteiger partial charge in [-0.15, -0.1) is 11.3 Å². The van der Waals surface area contributed by atoms with Crippen LogP contribution in [-0.2, 0) is 6.18 Å². The largest absolute Gasteiger partial charge is 0.510 e. The van der Waals surface area contributed by atoms with E-state index in [9.17, 15) is 18.3 Å². The summed E-state index contributed by atoms with van der Waals surface area (Å²) in [5.41, 5.74) is 0.769. The van der Waals surface area contributed by atoms with E-state index in [2.05, 4.69) is 4.98 Å². The molecule has 0 fully saturated rings. The molecular formula is C18H18F3N3OS. The van der Waals surface area contributed by atoms with Crippen molar-refractivity contribution in [3.05, 3.63) is 46.0 Å². The molecule has 2 N–H and O–H groups in total. The Labute approximate surface area is 153 Å². The summed E-state index contributed by atoms with van der Waals surface area (Å²) in [6, 6.07) is 4.79. The molecule has 138 valence electrons. The van der Waals surface area contributed by atoms with Gasteiger partial charge in [0.15, 0.2) is 0 Å². The lowest BCUT2D eigenvalue weighted by molar-refractivity contribution is -0.137. The van der Waals surface area contributed by atoms with Crippen LogP contribution in [0.1, 0.15) is 24.4 Å². The molecule has 0 atom stereocenters. The van der Waals surface area contributed by atoms with Crippen molar-refractivity contribution < 1.29 is 18.3 Å². The van der Waals surface area contributed by atoms with Crippen molar-refractivity contribution in [2.24, 2.45) is 5.92 Å². The number of thiazole rings is 1. The number of amidine groups is 1. The molecule has 0 amide bonds. The maximum Gasteiger partial charge on any atom is 0.416 e. The van der Waals surface area contributed by atoms with Crippen molar-refractivity contribution in [3.63, 3.8) is 0 Å². The Balaban J connectivity index is 1.84. The van der Waals surface area contributed by atoms with Crippen LogP contribution < -0.4 is 0 Å². The van der Waals surface area contributed by atoms with Crippen LogP contribution >= 0.6 is 11.3 Å². The molecule has 0 aliphatic carbocycles. The minimum Gasteiger partial charge on any atom is -0.510 e. The molecule has 1 aromatic heterocycles. The van der Waals surface area contributed by atoms with Crippen molar-refractivity contribution in [1.29, 1.82) is 5.41 Å². The standard InChI is InChI=1S/C18H18F3N3OS/c1-10(2)7-24-8-14(25)15(16(24)22)17-23-13(9-26-17)11-3-5-12(6-4-11)18(19,20)21/h3-6,9-10,22,25H,7-8H2,1-2H3. The van der Waals surface area contributed by atoms with Crippen molar-refractivity contribution in [2.75, 3.05) is 13.1 Å². The fraction of sp³-hybridized carbons (Fsp3) is 0.333. The van der Waals surface area contributed by atoms with Gasteiger partial charge in [0.1, 0.15) is 16.6 Å². The van der Waals surface area contributed by atoms with Crippen molar-refractivity contribution in [2.45, 2.75) is 20.0 Å². The molecule has 1 aliphatic rings. The molecule has 4 nitrogen and oxygen atoms in total. The lowest BCUT2D eigenvalue weighted by Crippen LogP contribution is -2.30. The van der Waals surface area contributed by atoms with Gasteiger partial charge in [-0.1, -0.05) is 26.0 Å². The molecule has 2 heterocycles. The predicted octanol–water partition coefficient (Wildman–Crippen LogP) is 5.05. The zero-order valence-electron chi connectivity index (χ0n) is 14.3. The first kappa shape index (κ1) is 18.4. The third kappa shape index (κ3) is 3.60. The van der Waals surface area contributed by atoms with Crippen LogP contribution in [-0.4, -0.2) is 33.9 Å². The Hall–Kier alpha value is -2.35. The monoisotopic (exact) mass is 381 g/mol. The van der Waals surface area contributed by atoms with Gasteiger partial charge in [-0.2, -0.15) is 13.2 Å². The molecule has 26 heavy (non-hydrogen) atoms. The summed E-state index contributed by atoms with van der Waals surface area (Å²) in [4.78, 5) is 6.21. The van der Waals surface area contributed by atoms with E-state index in [-0.39, 0.29) is 18.1 Å². The number of hydrogen-bond donors (Lipinski definition) is 2. The summed E-state index contributed by atoms with van der Waals surface area (Å²) in [7, 11) is 0. The topological polar surface area (TPSA) is 60.2 Å². The molecule has 0 spiro atoms. The Morgan fingerprint density at radius 3 is 2.50 bits per heavy atom. The third-order valence-corrected chi connectivity index (χ3v) is 4.85. The summed E-state index contributed by atoms with van der Waals surface area (Å²) in [5, 5.41) is 20.7. The van der Waals surface area contributed by atoms with Crippen LogP contribution in [0.5, 0.6) is 0 Å². The highest BCUT2D eigenvalue weighted by Gasteiger charge is 2.31. The molecule has 8 heteroatoms. The number of aliphatic hydroxyl groups is 1. The molecule has 0 bridgehead atoms. The molecule has 1 aliphatic heterocycles. The number of halogens is 3. The highest BCUT2D eigenvalue weighted by atomic mass is 32.1. The van der Waals surface area contributed by atoms with E-state index in [4.69, 9.17) is 5.41 Å². The van der Waals surface area contributed by atoms with Gasteiger partial charge in [-0.25, -0.2) is 4.98 Å². The third-order valence-electron chi connectivity index (χ3n) is 3.99. The van der Waals surface area contributed by atoms with E-state index in [1.807, 2.05) is 13.8 Å². The van der Waals surface area contributed by atoms with Gasteiger partial charge in [-0.05, 0) is 18.1 Å². The molecular weight excluding hydrogens is 363 g/mol. The van der Waals surface area contributed by atoms with Gasteiger partial charge in [0.05, 0.1) is 23.4 Å². The van der Waals surface area contributed by atoms with E-state index < -0.39 is 11.7 Å². The zero-order valence-corrected chi connectivity index (χ0v) is 15.1. The van der Waals surface area contributed by atoms with Crippen LogP contribution in [0.2, 0.25) is 0 Å². The highest BCUT2D eigenvalue weighted by molar-refractivity contribution is 7.11. The second-order valence-electron chi connectivity index (χ2n) is 6.56. The number of nitrogens with zero attached hydrogens (tertiary/aromatic N) is 2. The van der Waals surface area contributed by atoms with E-state index in [0.29, 0.717) is 34.3 Å². The fourth-order valence-electron chi connectivity index (χ4n) is 2.81. The Morgan fingerprint density at radius 2 is 1.92 bits per heavy atom. The van der Waals surface area contributed by atoms with E-state index in [0.717, 1.165) is 12.1 Å². The number of aliphatic hydroxyl groups excluding tert-OH is 1. The Kier molecular flexibility index (Phi) is 4.79. The minimum atomic E-state index is -4.37. The van der Waals surface area contributed by atoms with E-state index in [1.165, 1.54) is 23.5 Å². The second-order valence-corrected chi connectivity index (χ2v) is 7.42. The Bertz CT molecular complexity index is 853. The number of alkyl halides is 3. The van der Waals surface area contributed by atoms with Gasteiger partial charge in [0.25, 0.3) is 0 Å². The smallest absolute Gasteiger partial charge is 0.416 e. The molecule has 2 aromatic rings.